The number of hydrogen-bond acceptors (Lipinski definition) is 3. The van der Waals surface area contributed by atoms with Crippen molar-refractivity contribution in [1.29, 1.82) is 0 Å². The van der Waals surface area contributed by atoms with Crippen LogP contribution in [0.2, 0.25) is 0 Å². The summed E-state index contributed by atoms with van der Waals surface area (Å²) in [4.78, 5) is 5.50. The Morgan fingerprint density at radius 1 is 1.39 bits per heavy atom. The standard InChI is InChI=1S/C15H25F3N4O/c1-5-19-14(20-8-9-22(4)10-15(16,17)18)21-12(3)13-7-6-11(2)23-13/h6-7,12H,5,8-10H2,1-4H3,(H2,19,20,21). The van der Waals surface area contributed by atoms with Gasteiger partial charge in [-0.1, -0.05) is 0 Å². The van der Waals surface area contributed by atoms with E-state index in [1.807, 2.05) is 32.9 Å². The minimum absolute atomic E-state index is 0.0885. The minimum atomic E-state index is -4.19. The van der Waals surface area contributed by atoms with Crippen molar-refractivity contribution in [2.75, 3.05) is 33.2 Å². The lowest BCUT2D eigenvalue weighted by Crippen LogP contribution is -2.39. The van der Waals surface area contributed by atoms with E-state index in [9.17, 15) is 13.2 Å². The number of rotatable bonds is 7. The van der Waals surface area contributed by atoms with Crippen LogP contribution < -0.4 is 10.6 Å². The van der Waals surface area contributed by atoms with E-state index in [-0.39, 0.29) is 19.1 Å². The number of guanidine groups is 1. The lowest BCUT2D eigenvalue weighted by Gasteiger charge is -2.19. The first-order valence-electron chi connectivity index (χ1n) is 7.57. The maximum atomic E-state index is 12.3. The molecule has 0 aliphatic heterocycles. The van der Waals surface area contributed by atoms with Gasteiger partial charge in [-0.25, -0.2) is 0 Å². The van der Waals surface area contributed by atoms with Crippen LogP contribution in [-0.2, 0) is 0 Å². The average molecular weight is 334 g/mol. The van der Waals surface area contributed by atoms with Crippen LogP contribution in [0, 0.1) is 6.92 Å². The zero-order valence-electron chi connectivity index (χ0n) is 14.0. The molecule has 0 radical (unpaired) electrons. The Bertz CT molecular complexity index is 499. The van der Waals surface area contributed by atoms with Gasteiger partial charge in [0.25, 0.3) is 0 Å². The summed E-state index contributed by atoms with van der Waals surface area (Å²) >= 11 is 0. The van der Waals surface area contributed by atoms with Gasteiger partial charge in [0.2, 0.25) is 0 Å². The number of alkyl halides is 3. The molecule has 0 saturated carbocycles. The predicted molar refractivity (Wildman–Crippen MR) is 84.5 cm³/mol. The number of hydrogen-bond donors (Lipinski definition) is 2. The van der Waals surface area contributed by atoms with Crippen LogP contribution in [0.25, 0.3) is 0 Å². The second-order valence-electron chi connectivity index (χ2n) is 5.43. The summed E-state index contributed by atoms with van der Waals surface area (Å²) in [6.45, 7) is 5.94. The van der Waals surface area contributed by atoms with Gasteiger partial charge < -0.3 is 15.1 Å². The van der Waals surface area contributed by atoms with E-state index in [1.165, 1.54) is 11.9 Å². The molecule has 0 aliphatic carbocycles. The Hall–Kier alpha value is -1.70. The lowest BCUT2D eigenvalue weighted by molar-refractivity contribution is -0.142. The summed E-state index contributed by atoms with van der Waals surface area (Å²) in [6.07, 6.45) is -4.19. The van der Waals surface area contributed by atoms with Crippen LogP contribution >= 0.6 is 0 Å². The van der Waals surface area contributed by atoms with Gasteiger partial charge in [0.05, 0.1) is 19.1 Å². The quantitative estimate of drug-likeness (QED) is 0.595. The Balaban J connectivity index is 2.53. The first-order valence-corrected chi connectivity index (χ1v) is 7.57. The highest BCUT2D eigenvalue weighted by molar-refractivity contribution is 5.80. The number of aliphatic imine (C=N–C) groups is 1. The molecular weight excluding hydrogens is 309 g/mol. The molecule has 23 heavy (non-hydrogen) atoms. The first-order chi connectivity index (χ1) is 10.7. The van der Waals surface area contributed by atoms with Gasteiger partial charge in [0.1, 0.15) is 11.5 Å². The van der Waals surface area contributed by atoms with E-state index in [2.05, 4.69) is 15.6 Å². The molecule has 1 rings (SSSR count). The Morgan fingerprint density at radius 3 is 2.61 bits per heavy atom. The largest absolute Gasteiger partial charge is 0.464 e. The molecule has 0 fully saturated rings. The van der Waals surface area contributed by atoms with Crippen molar-refractivity contribution in [2.24, 2.45) is 4.99 Å². The first kappa shape index (κ1) is 19.3. The number of aryl methyl sites for hydroxylation is 1. The van der Waals surface area contributed by atoms with Crippen molar-refractivity contribution in [3.63, 3.8) is 0 Å². The molecule has 0 amide bonds. The minimum Gasteiger partial charge on any atom is -0.464 e. The highest BCUT2D eigenvalue weighted by Gasteiger charge is 2.28. The Kier molecular flexibility index (Phi) is 7.41. The molecule has 0 spiro atoms. The predicted octanol–water partition coefficient (Wildman–Crippen LogP) is 2.70. The van der Waals surface area contributed by atoms with Crippen LogP contribution in [0.1, 0.15) is 31.4 Å². The van der Waals surface area contributed by atoms with Crippen molar-refractivity contribution in [1.82, 2.24) is 15.5 Å². The van der Waals surface area contributed by atoms with Gasteiger partial charge in [-0.3, -0.25) is 9.89 Å². The number of halogens is 3. The highest BCUT2D eigenvalue weighted by Crippen LogP contribution is 2.16. The van der Waals surface area contributed by atoms with Gasteiger partial charge in [-0.2, -0.15) is 13.2 Å². The van der Waals surface area contributed by atoms with Gasteiger partial charge in [-0.05, 0) is 40.0 Å². The van der Waals surface area contributed by atoms with E-state index in [4.69, 9.17) is 4.42 Å². The summed E-state index contributed by atoms with van der Waals surface area (Å²) in [5.41, 5.74) is 0. The topological polar surface area (TPSA) is 52.8 Å². The van der Waals surface area contributed by atoms with Crippen molar-refractivity contribution in [3.8, 4) is 0 Å². The molecule has 0 aliphatic rings. The normalized spacial score (nSPS) is 14.2. The average Bonchev–Trinajstić information content (AvgIpc) is 2.83. The van der Waals surface area contributed by atoms with Gasteiger partial charge in [0, 0.05) is 13.1 Å². The van der Waals surface area contributed by atoms with E-state index in [0.29, 0.717) is 12.5 Å². The third kappa shape index (κ3) is 7.92. The highest BCUT2D eigenvalue weighted by atomic mass is 19.4. The summed E-state index contributed by atoms with van der Waals surface area (Å²) in [5.74, 6) is 2.15. The van der Waals surface area contributed by atoms with E-state index < -0.39 is 12.7 Å². The van der Waals surface area contributed by atoms with Crippen LogP contribution in [0.4, 0.5) is 13.2 Å². The zero-order valence-corrected chi connectivity index (χ0v) is 14.0. The SMILES string of the molecule is CCNC(=NCCN(C)CC(F)(F)F)NC(C)c1ccc(C)o1. The number of furan rings is 1. The smallest absolute Gasteiger partial charge is 0.401 e. The molecule has 8 heteroatoms. The van der Waals surface area contributed by atoms with Crippen molar-refractivity contribution < 1.29 is 17.6 Å². The maximum Gasteiger partial charge on any atom is 0.401 e. The second-order valence-corrected chi connectivity index (χ2v) is 5.43. The monoisotopic (exact) mass is 334 g/mol. The van der Waals surface area contributed by atoms with E-state index in [0.717, 1.165) is 11.5 Å². The van der Waals surface area contributed by atoms with Crippen molar-refractivity contribution in [2.45, 2.75) is 33.0 Å². The summed E-state index contributed by atoms with van der Waals surface area (Å²) < 4.78 is 42.3. The number of nitrogens with zero attached hydrogens (tertiary/aromatic N) is 2. The molecule has 2 N–H and O–H groups in total. The molecular formula is C15H25F3N4O. The van der Waals surface area contributed by atoms with Crippen molar-refractivity contribution >= 4 is 5.96 Å². The van der Waals surface area contributed by atoms with E-state index >= 15 is 0 Å². The van der Waals surface area contributed by atoms with Gasteiger partial charge in [0.15, 0.2) is 5.96 Å². The fraction of sp³-hybridized carbons (Fsp3) is 0.667. The Labute approximate surface area is 134 Å². The molecule has 132 valence electrons. The lowest BCUT2D eigenvalue weighted by atomic mass is 10.2. The van der Waals surface area contributed by atoms with Crippen LogP contribution in [0.3, 0.4) is 0 Å². The zero-order chi connectivity index (χ0) is 17.5. The molecule has 1 aromatic rings. The molecule has 1 aromatic heterocycles. The third-order valence-electron chi connectivity index (χ3n) is 3.09. The fourth-order valence-corrected chi connectivity index (χ4v) is 2.00. The molecule has 5 nitrogen and oxygen atoms in total. The summed E-state index contributed by atoms with van der Waals surface area (Å²) in [5, 5.41) is 6.24. The Morgan fingerprint density at radius 2 is 2.09 bits per heavy atom. The van der Waals surface area contributed by atoms with Gasteiger partial charge >= 0.3 is 6.18 Å². The number of nitrogens with one attached hydrogen (secondary N) is 2. The molecule has 1 heterocycles. The van der Waals surface area contributed by atoms with Gasteiger partial charge in [-0.15, -0.1) is 0 Å². The van der Waals surface area contributed by atoms with Crippen LogP contribution in [-0.4, -0.2) is 50.3 Å². The second kappa shape index (κ2) is 8.81. The molecule has 1 atom stereocenters. The fourth-order valence-electron chi connectivity index (χ4n) is 2.00. The van der Waals surface area contributed by atoms with Crippen LogP contribution in [0.5, 0.6) is 0 Å². The van der Waals surface area contributed by atoms with Crippen molar-refractivity contribution in [3.05, 3.63) is 23.7 Å². The third-order valence-corrected chi connectivity index (χ3v) is 3.09. The molecule has 0 bridgehead atoms. The summed E-state index contributed by atoms with van der Waals surface area (Å²) in [6, 6.07) is 3.67. The molecule has 0 saturated heterocycles. The summed E-state index contributed by atoms with van der Waals surface area (Å²) in [7, 11) is 1.43. The van der Waals surface area contributed by atoms with E-state index in [1.54, 1.807) is 0 Å². The molecule has 1 unspecified atom stereocenters. The molecule has 0 aromatic carbocycles. The number of likely N-dealkylation sites (N-methyl/N-ethyl adjacent to an activating group) is 1. The van der Waals surface area contributed by atoms with Crippen LogP contribution in [0.15, 0.2) is 21.5 Å². The maximum absolute atomic E-state index is 12.3.